The first kappa shape index (κ1) is 14.5. The Morgan fingerprint density at radius 1 is 1.50 bits per heavy atom. The molecular formula is C13H17FN2O4. The molecule has 1 unspecified atom stereocenters. The van der Waals surface area contributed by atoms with Crippen molar-refractivity contribution < 1.29 is 18.8 Å². The van der Waals surface area contributed by atoms with Gasteiger partial charge < -0.3 is 14.8 Å². The first-order valence-corrected chi connectivity index (χ1v) is 6.47. The fourth-order valence-corrected chi connectivity index (χ4v) is 2.24. The molecule has 0 aliphatic carbocycles. The maximum atomic E-state index is 13.7. The van der Waals surface area contributed by atoms with Gasteiger partial charge in [0.1, 0.15) is 0 Å². The Bertz CT molecular complexity index is 490. The summed E-state index contributed by atoms with van der Waals surface area (Å²) in [4.78, 5) is 10.1. The highest BCUT2D eigenvalue weighted by Crippen LogP contribution is 2.33. The van der Waals surface area contributed by atoms with E-state index in [1.54, 1.807) is 0 Å². The molecule has 1 saturated heterocycles. The largest absolute Gasteiger partial charge is 0.490 e. The third kappa shape index (κ3) is 3.36. The Hall–Kier alpha value is -1.89. The van der Waals surface area contributed by atoms with E-state index in [0.717, 1.165) is 32.0 Å². The lowest BCUT2D eigenvalue weighted by molar-refractivity contribution is -0.386. The number of hydrogen-bond donors (Lipinski definition) is 1. The summed E-state index contributed by atoms with van der Waals surface area (Å²) in [5, 5.41) is 14.0. The summed E-state index contributed by atoms with van der Waals surface area (Å²) in [6, 6.07) is 2.05. The second-order valence-corrected chi connectivity index (χ2v) is 4.71. The molecule has 2 rings (SSSR count). The zero-order valence-corrected chi connectivity index (χ0v) is 11.2. The standard InChI is InChI=1S/C13H17FN2O4/c1-19-13-7-12(10(14)6-11(13)16(17)18)20-5-3-9-2-4-15-8-9/h6-7,9,15H,2-5,8H2,1H3. The molecule has 1 aliphatic rings. The second kappa shape index (κ2) is 6.51. The number of ether oxygens (including phenoxy) is 2. The number of benzene rings is 1. The average Bonchev–Trinajstić information content (AvgIpc) is 2.93. The van der Waals surface area contributed by atoms with Gasteiger partial charge in [0, 0.05) is 6.07 Å². The molecule has 1 aromatic rings. The number of nitrogens with zero attached hydrogens (tertiary/aromatic N) is 1. The highest BCUT2D eigenvalue weighted by atomic mass is 19.1. The lowest BCUT2D eigenvalue weighted by Crippen LogP contribution is -2.12. The molecule has 7 heteroatoms. The van der Waals surface area contributed by atoms with Gasteiger partial charge in [-0.3, -0.25) is 10.1 Å². The molecule has 20 heavy (non-hydrogen) atoms. The minimum Gasteiger partial charge on any atom is -0.490 e. The van der Waals surface area contributed by atoms with Crippen molar-refractivity contribution >= 4 is 5.69 Å². The van der Waals surface area contributed by atoms with Crippen LogP contribution in [0.5, 0.6) is 11.5 Å². The van der Waals surface area contributed by atoms with Crippen molar-refractivity contribution in [3.8, 4) is 11.5 Å². The number of methoxy groups -OCH3 is 1. The van der Waals surface area contributed by atoms with Gasteiger partial charge in [0.25, 0.3) is 0 Å². The summed E-state index contributed by atoms with van der Waals surface area (Å²) >= 11 is 0. The first-order valence-electron chi connectivity index (χ1n) is 6.47. The number of nitro groups is 1. The summed E-state index contributed by atoms with van der Waals surface area (Å²) in [7, 11) is 1.30. The molecule has 110 valence electrons. The Morgan fingerprint density at radius 3 is 2.90 bits per heavy atom. The maximum Gasteiger partial charge on any atom is 0.314 e. The molecule has 1 atom stereocenters. The zero-order chi connectivity index (χ0) is 14.5. The predicted molar refractivity (Wildman–Crippen MR) is 70.7 cm³/mol. The maximum absolute atomic E-state index is 13.7. The number of hydrogen-bond acceptors (Lipinski definition) is 5. The van der Waals surface area contributed by atoms with Crippen molar-refractivity contribution in [1.29, 1.82) is 0 Å². The number of nitro benzene ring substituents is 1. The first-order chi connectivity index (χ1) is 9.61. The quantitative estimate of drug-likeness (QED) is 0.640. The monoisotopic (exact) mass is 284 g/mol. The van der Waals surface area contributed by atoms with E-state index in [0.29, 0.717) is 12.5 Å². The molecule has 0 radical (unpaired) electrons. The Balaban J connectivity index is 2.01. The highest BCUT2D eigenvalue weighted by Gasteiger charge is 2.20. The van der Waals surface area contributed by atoms with Crippen LogP contribution >= 0.6 is 0 Å². The minimum atomic E-state index is -0.748. The van der Waals surface area contributed by atoms with Crippen LogP contribution in [-0.4, -0.2) is 31.7 Å². The Morgan fingerprint density at radius 2 is 2.30 bits per heavy atom. The van der Waals surface area contributed by atoms with Crippen LogP contribution in [0.25, 0.3) is 0 Å². The third-order valence-electron chi connectivity index (χ3n) is 3.38. The molecule has 1 N–H and O–H groups in total. The van der Waals surface area contributed by atoms with Gasteiger partial charge in [-0.1, -0.05) is 0 Å². The van der Waals surface area contributed by atoms with E-state index in [1.807, 2.05) is 0 Å². The molecule has 0 saturated carbocycles. The number of rotatable bonds is 6. The van der Waals surface area contributed by atoms with Crippen molar-refractivity contribution in [2.45, 2.75) is 12.8 Å². The summed E-state index contributed by atoms with van der Waals surface area (Å²) in [5.41, 5.74) is -0.405. The SMILES string of the molecule is COc1cc(OCCC2CCNC2)c(F)cc1[N+](=O)[O-]. The van der Waals surface area contributed by atoms with Crippen molar-refractivity contribution in [2.75, 3.05) is 26.8 Å². The average molecular weight is 284 g/mol. The Labute approximate surface area is 116 Å². The number of halogens is 1. The highest BCUT2D eigenvalue weighted by molar-refractivity contribution is 5.51. The van der Waals surface area contributed by atoms with Crippen LogP contribution in [0.4, 0.5) is 10.1 Å². The third-order valence-corrected chi connectivity index (χ3v) is 3.38. The predicted octanol–water partition coefficient (Wildman–Crippen LogP) is 2.12. The van der Waals surface area contributed by atoms with Gasteiger partial charge in [0.15, 0.2) is 11.6 Å². The van der Waals surface area contributed by atoms with Crippen molar-refractivity contribution in [2.24, 2.45) is 5.92 Å². The van der Waals surface area contributed by atoms with E-state index in [2.05, 4.69) is 5.32 Å². The van der Waals surface area contributed by atoms with Gasteiger partial charge in [-0.2, -0.15) is 0 Å². The second-order valence-electron chi connectivity index (χ2n) is 4.71. The van der Waals surface area contributed by atoms with Crippen LogP contribution in [-0.2, 0) is 0 Å². The van der Waals surface area contributed by atoms with Crippen molar-refractivity contribution in [1.82, 2.24) is 5.32 Å². The molecular weight excluding hydrogens is 267 g/mol. The normalized spacial score (nSPS) is 18.0. The van der Waals surface area contributed by atoms with E-state index in [-0.39, 0.29) is 11.5 Å². The molecule has 0 aromatic heterocycles. The fourth-order valence-electron chi connectivity index (χ4n) is 2.24. The smallest absolute Gasteiger partial charge is 0.314 e. The van der Waals surface area contributed by atoms with Crippen LogP contribution in [0, 0.1) is 21.8 Å². The van der Waals surface area contributed by atoms with Crippen LogP contribution < -0.4 is 14.8 Å². The molecule has 0 spiro atoms. The van der Waals surface area contributed by atoms with Crippen LogP contribution in [0.15, 0.2) is 12.1 Å². The molecule has 1 aromatic carbocycles. The topological polar surface area (TPSA) is 73.6 Å². The van der Waals surface area contributed by atoms with Crippen LogP contribution in [0.1, 0.15) is 12.8 Å². The van der Waals surface area contributed by atoms with Crippen molar-refractivity contribution in [3.05, 3.63) is 28.1 Å². The molecule has 1 fully saturated rings. The summed E-state index contributed by atoms with van der Waals surface area (Å²) in [6.45, 7) is 2.34. The van der Waals surface area contributed by atoms with Gasteiger partial charge >= 0.3 is 5.69 Å². The van der Waals surface area contributed by atoms with Crippen molar-refractivity contribution in [3.63, 3.8) is 0 Å². The Kier molecular flexibility index (Phi) is 4.73. The minimum absolute atomic E-state index is 0.00562. The fraction of sp³-hybridized carbons (Fsp3) is 0.538. The summed E-state index contributed by atoms with van der Waals surface area (Å²) < 4.78 is 24.0. The van der Waals surface area contributed by atoms with Gasteiger partial charge in [-0.25, -0.2) is 4.39 Å². The van der Waals surface area contributed by atoms with E-state index in [9.17, 15) is 14.5 Å². The van der Waals surface area contributed by atoms with E-state index in [1.165, 1.54) is 13.2 Å². The van der Waals surface area contributed by atoms with Crippen LogP contribution in [0.2, 0.25) is 0 Å². The molecule has 0 bridgehead atoms. The van der Waals surface area contributed by atoms with E-state index >= 15 is 0 Å². The molecule has 1 heterocycles. The van der Waals surface area contributed by atoms with Gasteiger partial charge in [0.05, 0.1) is 24.7 Å². The van der Waals surface area contributed by atoms with Crippen LogP contribution in [0.3, 0.4) is 0 Å². The van der Waals surface area contributed by atoms with Gasteiger partial charge in [-0.05, 0) is 31.8 Å². The summed E-state index contributed by atoms with van der Waals surface area (Å²) in [6.07, 6.45) is 1.92. The summed E-state index contributed by atoms with van der Waals surface area (Å²) in [5.74, 6) is -0.229. The lowest BCUT2D eigenvalue weighted by atomic mass is 10.1. The lowest BCUT2D eigenvalue weighted by Gasteiger charge is -2.11. The van der Waals surface area contributed by atoms with E-state index in [4.69, 9.17) is 9.47 Å². The van der Waals surface area contributed by atoms with Gasteiger partial charge in [0.2, 0.25) is 5.75 Å². The molecule has 6 nitrogen and oxygen atoms in total. The zero-order valence-electron chi connectivity index (χ0n) is 11.2. The molecule has 1 aliphatic heterocycles. The van der Waals surface area contributed by atoms with Gasteiger partial charge in [-0.15, -0.1) is 0 Å². The molecule has 0 amide bonds. The number of nitrogens with one attached hydrogen (secondary N) is 1. The van der Waals surface area contributed by atoms with E-state index < -0.39 is 16.4 Å².